The van der Waals surface area contributed by atoms with Gasteiger partial charge in [-0.25, -0.2) is 9.59 Å². The van der Waals surface area contributed by atoms with Crippen LogP contribution in [0.25, 0.3) is 0 Å². The second-order valence-electron chi connectivity index (χ2n) is 9.73. The molecule has 0 radical (unpaired) electrons. The van der Waals surface area contributed by atoms with Crippen molar-refractivity contribution < 1.29 is 46.5 Å². The maximum Gasteiger partial charge on any atom is 0.490 e. The molecule has 0 aliphatic carbocycles. The third-order valence-corrected chi connectivity index (χ3v) is 6.97. The molecule has 9 nitrogen and oxygen atoms in total. The number of piperidine rings is 1. The first kappa shape index (κ1) is 29.5. The van der Waals surface area contributed by atoms with Gasteiger partial charge in [-0.05, 0) is 42.0 Å². The lowest BCUT2D eigenvalue weighted by atomic mass is 9.87. The Labute approximate surface area is 233 Å². The molecule has 0 bridgehead atoms. The van der Waals surface area contributed by atoms with Gasteiger partial charge >= 0.3 is 18.1 Å². The third-order valence-electron chi connectivity index (χ3n) is 6.73. The van der Waals surface area contributed by atoms with E-state index < -0.39 is 42.3 Å². The van der Waals surface area contributed by atoms with Crippen LogP contribution < -0.4 is 14.8 Å². The number of esters is 2. The average Bonchev–Trinajstić information content (AvgIpc) is 3.24. The van der Waals surface area contributed by atoms with Crippen LogP contribution in [0.3, 0.4) is 0 Å². The number of ether oxygens (including phenoxy) is 4. The van der Waals surface area contributed by atoms with Crippen LogP contribution in [0.2, 0.25) is 5.02 Å². The van der Waals surface area contributed by atoms with E-state index in [2.05, 4.69) is 5.32 Å². The van der Waals surface area contributed by atoms with Crippen molar-refractivity contribution in [3.8, 4) is 11.5 Å². The summed E-state index contributed by atoms with van der Waals surface area (Å²) in [6, 6.07) is 9.53. The molecule has 2 aliphatic rings. The molecule has 0 saturated carbocycles. The number of hydrogen-bond acceptors (Lipinski definition) is 8. The van der Waals surface area contributed by atoms with E-state index in [1.165, 1.54) is 32.2 Å². The molecule has 1 N–H and O–H groups in total. The molecule has 216 valence electrons. The number of fused-ring (bicyclic) bond motifs is 1. The van der Waals surface area contributed by atoms with Crippen molar-refractivity contribution >= 4 is 35.1 Å². The van der Waals surface area contributed by atoms with Gasteiger partial charge in [0.15, 0.2) is 0 Å². The van der Waals surface area contributed by atoms with Crippen molar-refractivity contribution in [2.75, 3.05) is 38.7 Å². The zero-order valence-corrected chi connectivity index (χ0v) is 22.6. The van der Waals surface area contributed by atoms with E-state index in [1.54, 1.807) is 6.07 Å². The number of anilines is 1. The number of amides is 1. The predicted molar refractivity (Wildman–Crippen MR) is 138 cm³/mol. The monoisotopic (exact) mass is 584 g/mol. The van der Waals surface area contributed by atoms with Crippen molar-refractivity contribution in [1.82, 2.24) is 4.90 Å². The van der Waals surface area contributed by atoms with Crippen molar-refractivity contribution in [3.05, 3.63) is 52.5 Å². The zero-order valence-electron chi connectivity index (χ0n) is 21.8. The van der Waals surface area contributed by atoms with E-state index in [0.717, 1.165) is 11.3 Å². The van der Waals surface area contributed by atoms with Crippen LogP contribution in [-0.2, 0) is 25.5 Å². The number of halogens is 4. The fraction of sp³-hybridized carbons (Fsp3) is 0.444. The summed E-state index contributed by atoms with van der Waals surface area (Å²) < 4.78 is 60.5. The lowest BCUT2D eigenvalue weighted by Crippen LogP contribution is -2.50. The first-order valence-corrected chi connectivity index (χ1v) is 12.9. The Morgan fingerprint density at radius 1 is 1.15 bits per heavy atom. The Balaban J connectivity index is 1.45. The highest BCUT2D eigenvalue weighted by Gasteiger charge is 2.44. The third kappa shape index (κ3) is 7.16. The molecule has 1 fully saturated rings. The normalized spacial score (nSPS) is 16.9. The van der Waals surface area contributed by atoms with E-state index in [9.17, 15) is 27.6 Å². The van der Waals surface area contributed by atoms with E-state index in [4.69, 9.17) is 30.5 Å². The van der Waals surface area contributed by atoms with Gasteiger partial charge in [0.25, 0.3) is 0 Å². The van der Waals surface area contributed by atoms with E-state index in [-0.39, 0.29) is 23.5 Å². The second kappa shape index (κ2) is 11.9. The van der Waals surface area contributed by atoms with Crippen molar-refractivity contribution in [2.24, 2.45) is 0 Å². The Kier molecular flexibility index (Phi) is 8.79. The quantitative estimate of drug-likeness (QED) is 0.455. The number of benzene rings is 2. The number of methoxy groups -OCH3 is 1. The number of carbonyl (C=O) groups is 3. The molecule has 2 aromatic rings. The Bertz CT molecular complexity index is 1280. The summed E-state index contributed by atoms with van der Waals surface area (Å²) >= 11 is 6.10. The standard InChI is InChI=1S/C27H28ClF3N2O7/c1-16(34)32-21-5-3-17(24(35)37-2)12-23(21)38-15-20(39-25(36)27(29,30)31)14-33-9-7-26(8-10-33)13-18-11-19(28)4-6-22(18)40-26/h3-6,11-12,20H,7-10,13-15H2,1-2H3,(H,32,34)/t20-/m1/s1. The van der Waals surface area contributed by atoms with Crippen molar-refractivity contribution in [3.63, 3.8) is 0 Å². The first-order chi connectivity index (χ1) is 18.9. The number of rotatable bonds is 8. The number of alkyl halides is 3. The van der Waals surface area contributed by atoms with Crippen LogP contribution in [-0.4, -0.2) is 74.0 Å². The van der Waals surface area contributed by atoms with Crippen molar-refractivity contribution in [2.45, 2.75) is 44.1 Å². The average molecular weight is 585 g/mol. The van der Waals surface area contributed by atoms with Crippen LogP contribution >= 0.6 is 11.6 Å². The largest absolute Gasteiger partial charge is 0.490 e. The summed E-state index contributed by atoms with van der Waals surface area (Å²) in [5.74, 6) is -2.69. The van der Waals surface area contributed by atoms with Gasteiger partial charge in [-0.2, -0.15) is 13.2 Å². The summed E-state index contributed by atoms with van der Waals surface area (Å²) in [5, 5.41) is 3.15. The van der Waals surface area contributed by atoms with Crippen LogP contribution in [0.1, 0.15) is 35.7 Å². The SMILES string of the molecule is COC(=O)c1ccc(NC(C)=O)c(OC[C@@H](CN2CCC3(CC2)Cc2cc(Cl)ccc2O3)OC(=O)C(F)(F)F)c1. The molecule has 4 rings (SSSR count). The van der Waals surface area contributed by atoms with E-state index >= 15 is 0 Å². The molecule has 40 heavy (non-hydrogen) atoms. The Hall–Kier alpha value is -3.51. The molecule has 1 spiro atoms. The number of carbonyl (C=O) groups excluding carboxylic acids is 3. The van der Waals surface area contributed by atoms with Gasteiger partial charge in [-0.15, -0.1) is 0 Å². The topological polar surface area (TPSA) is 103 Å². The minimum atomic E-state index is -5.19. The van der Waals surface area contributed by atoms with Crippen LogP contribution in [0, 0.1) is 0 Å². The number of nitrogens with zero attached hydrogens (tertiary/aromatic N) is 1. The Morgan fingerprint density at radius 3 is 2.52 bits per heavy atom. The first-order valence-electron chi connectivity index (χ1n) is 12.5. The van der Waals surface area contributed by atoms with Crippen LogP contribution in [0.4, 0.5) is 18.9 Å². The summed E-state index contributed by atoms with van der Waals surface area (Å²) in [7, 11) is 1.18. The molecule has 0 unspecified atom stereocenters. The minimum absolute atomic E-state index is 0.000430. The Morgan fingerprint density at radius 2 is 1.88 bits per heavy atom. The molecular weight excluding hydrogens is 557 g/mol. The fourth-order valence-corrected chi connectivity index (χ4v) is 5.01. The summed E-state index contributed by atoms with van der Waals surface area (Å²) in [6.45, 7) is 1.72. The predicted octanol–water partition coefficient (Wildman–Crippen LogP) is 4.41. The van der Waals surface area contributed by atoms with Gasteiger partial charge in [-0.1, -0.05) is 11.6 Å². The van der Waals surface area contributed by atoms with Gasteiger partial charge < -0.3 is 24.3 Å². The smallest absolute Gasteiger partial charge is 0.487 e. The summed E-state index contributed by atoms with van der Waals surface area (Å²) in [4.78, 5) is 37.2. The van der Waals surface area contributed by atoms with Crippen LogP contribution in [0.5, 0.6) is 11.5 Å². The van der Waals surface area contributed by atoms with Gasteiger partial charge in [0.05, 0.1) is 18.4 Å². The number of hydrogen-bond donors (Lipinski definition) is 1. The number of likely N-dealkylation sites (tertiary alicyclic amines) is 1. The van der Waals surface area contributed by atoms with E-state index in [0.29, 0.717) is 37.4 Å². The molecule has 2 heterocycles. The highest BCUT2D eigenvalue weighted by atomic mass is 35.5. The lowest BCUT2D eigenvalue weighted by Gasteiger charge is -2.39. The summed E-state index contributed by atoms with van der Waals surface area (Å²) in [5.41, 5.74) is 0.852. The maximum absolute atomic E-state index is 13.0. The highest BCUT2D eigenvalue weighted by Crippen LogP contribution is 2.42. The van der Waals surface area contributed by atoms with Gasteiger partial charge in [0.1, 0.15) is 29.8 Å². The van der Waals surface area contributed by atoms with Crippen molar-refractivity contribution in [1.29, 1.82) is 0 Å². The minimum Gasteiger partial charge on any atom is -0.487 e. The molecule has 0 aromatic heterocycles. The number of nitrogens with one attached hydrogen (secondary N) is 1. The molecule has 2 aliphatic heterocycles. The molecule has 2 aromatic carbocycles. The lowest BCUT2D eigenvalue weighted by molar-refractivity contribution is -0.206. The molecule has 1 amide bonds. The zero-order chi connectivity index (χ0) is 29.1. The van der Waals surface area contributed by atoms with Crippen LogP contribution in [0.15, 0.2) is 36.4 Å². The maximum atomic E-state index is 13.0. The van der Waals surface area contributed by atoms with Gasteiger partial charge in [0.2, 0.25) is 5.91 Å². The molecule has 1 atom stereocenters. The van der Waals surface area contributed by atoms with Gasteiger partial charge in [0, 0.05) is 50.8 Å². The molecular formula is C27H28ClF3N2O7. The highest BCUT2D eigenvalue weighted by molar-refractivity contribution is 6.30. The molecule has 1 saturated heterocycles. The second-order valence-corrected chi connectivity index (χ2v) is 10.2. The van der Waals surface area contributed by atoms with Gasteiger partial charge in [-0.3, -0.25) is 9.69 Å². The summed E-state index contributed by atoms with van der Waals surface area (Å²) in [6.07, 6.45) is -4.62. The fourth-order valence-electron chi connectivity index (χ4n) is 4.82. The van der Waals surface area contributed by atoms with E-state index in [1.807, 2.05) is 17.0 Å². The molecule has 13 heteroatoms.